The van der Waals surface area contributed by atoms with E-state index in [1.54, 1.807) is 0 Å². The van der Waals surface area contributed by atoms with Crippen molar-refractivity contribution in [3.8, 4) is 6.01 Å². The zero-order chi connectivity index (χ0) is 14.3. The van der Waals surface area contributed by atoms with Gasteiger partial charge in [0.15, 0.2) is 0 Å². The smallest absolute Gasteiger partial charge is 0.323 e. The van der Waals surface area contributed by atoms with E-state index in [0.29, 0.717) is 17.9 Å². The molecule has 1 aromatic rings. The summed E-state index contributed by atoms with van der Waals surface area (Å²) in [5, 5.41) is 3.17. The number of aromatic nitrogens is 3. The molecule has 6 nitrogen and oxygen atoms in total. The average Bonchev–Trinajstić information content (AvgIpc) is 2.36. The lowest BCUT2D eigenvalue weighted by molar-refractivity contribution is 0.192. The highest BCUT2D eigenvalue weighted by molar-refractivity contribution is 5.36. The van der Waals surface area contributed by atoms with Gasteiger partial charge in [0.1, 0.15) is 0 Å². The predicted molar refractivity (Wildman–Crippen MR) is 77.9 cm³/mol. The third-order valence-corrected chi connectivity index (χ3v) is 2.54. The minimum atomic E-state index is 0.112. The third kappa shape index (κ3) is 5.28. The first kappa shape index (κ1) is 15.5. The van der Waals surface area contributed by atoms with Gasteiger partial charge >= 0.3 is 6.01 Å². The maximum atomic E-state index is 5.74. The zero-order valence-corrected chi connectivity index (χ0v) is 12.6. The highest BCUT2D eigenvalue weighted by Crippen LogP contribution is 2.15. The molecular weight excluding hydrogens is 242 g/mol. The molecule has 0 saturated carbocycles. The molecule has 1 N–H and O–H groups in total. The van der Waals surface area contributed by atoms with E-state index >= 15 is 0 Å². The van der Waals surface area contributed by atoms with Crippen LogP contribution in [0.1, 0.15) is 40.0 Å². The lowest BCUT2D eigenvalue weighted by Crippen LogP contribution is -2.19. The molecule has 0 saturated heterocycles. The summed E-state index contributed by atoms with van der Waals surface area (Å²) >= 11 is 0. The van der Waals surface area contributed by atoms with Crippen LogP contribution < -0.4 is 15.0 Å². The van der Waals surface area contributed by atoms with Crippen LogP contribution in [0.5, 0.6) is 6.01 Å². The fourth-order valence-electron chi connectivity index (χ4n) is 1.56. The lowest BCUT2D eigenvalue weighted by Gasteiger charge is -2.16. The van der Waals surface area contributed by atoms with Gasteiger partial charge in [-0.1, -0.05) is 20.3 Å². The topological polar surface area (TPSA) is 63.2 Å². The van der Waals surface area contributed by atoms with Crippen molar-refractivity contribution in [2.75, 3.05) is 30.9 Å². The van der Waals surface area contributed by atoms with Crippen molar-refractivity contribution in [2.45, 2.75) is 46.1 Å². The summed E-state index contributed by atoms with van der Waals surface area (Å²) in [6, 6.07) is 0.387. The monoisotopic (exact) mass is 267 g/mol. The van der Waals surface area contributed by atoms with Crippen molar-refractivity contribution in [1.29, 1.82) is 0 Å². The molecule has 6 heteroatoms. The summed E-state index contributed by atoms with van der Waals surface area (Å²) in [6.07, 6.45) is 3.20. The van der Waals surface area contributed by atoms with E-state index in [4.69, 9.17) is 4.74 Å². The van der Waals surface area contributed by atoms with E-state index in [1.807, 2.05) is 25.9 Å². The molecule has 0 aliphatic carbocycles. The predicted octanol–water partition coefficient (Wildman–Crippen LogP) is 2.33. The summed E-state index contributed by atoms with van der Waals surface area (Å²) in [4.78, 5) is 14.8. The second kappa shape index (κ2) is 7.76. The Morgan fingerprint density at radius 1 is 1.16 bits per heavy atom. The standard InChI is InChI=1S/C13H25N5O/c1-6-8-10(3)19-13-16-11(14-9-7-2)15-12(17-13)18(4)5/h10H,6-9H2,1-5H3,(H,14,15,16,17). The van der Waals surface area contributed by atoms with Gasteiger partial charge in [-0.3, -0.25) is 0 Å². The molecule has 0 aliphatic heterocycles. The number of hydrogen-bond acceptors (Lipinski definition) is 6. The molecule has 19 heavy (non-hydrogen) atoms. The molecule has 1 atom stereocenters. The minimum Gasteiger partial charge on any atom is -0.460 e. The van der Waals surface area contributed by atoms with Gasteiger partial charge < -0.3 is 15.0 Å². The van der Waals surface area contributed by atoms with E-state index in [-0.39, 0.29) is 6.10 Å². The Hall–Kier alpha value is -1.59. The molecule has 1 heterocycles. The van der Waals surface area contributed by atoms with Crippen LogP contribution >= 0.6 is 0 Å². The molecule has 0 aliphatic rings. The van der Waals surface area contributed by atoms with Gasteiger partial charge in [0.25, 0.3) is 0 Å². The Morgan fingerprint density at radius 2 is 1.89 bits per heavy atom. The summed E-state index contributed by atoms with van der Waals surface area (Å²) in [6.45, 7) is 7.09. The largest absolute Gasteiger partial charge is 0.460 e. The first-order chi connectivity index (χ1) is 9.06. The first-order valence-corrected chi connectivity index (χ1v) is 6.90. The van der Waals surface area contributed by atoms with Crippen molar-refractivity contribution < 1.29 is 4.74 Å². The van der Waals surface area contributed by atoms with Crippen LogP contribution in [0.4, 0.5) is 11.9 Å². The van der Waals surface area contributed by atoms with E-state index < -0.39 is 0 Å². The van der Waals surface area contributed by atoms with E-state index in [9.17, 15) is 0 Å². The highest BCUT2D eigenvalue weighted by Gasteiger charge is 2.11. The maximum absolute atomic E-state index is 5.74. The molecular formula is C13H25N5O. The quantitative estimate of drug-likeness (QED) is 0.780. The zero-order valence-electron chi connectivity index (χ0n) is 12.6. The number of anilines is 2. The number of nitrogens with one attached hydrogen (secondary N) is 1. The fraction of sp³-hybridized carbons (Fsp3) is 0.769. The van der Waals surface area contributed by atoms with Crippen LogP contribution in [0.2, 0.25) is 0 Å². The maximum Gasteiger partial charge on any atom is 0.323 e. The van der Waals surface area contributed by atoms with Gasteiger partial charge in [0.05, 0.1) is 6.10 Å². The molecule has 0 amide bonds. The first-order valence-electron chi connectivity index (χ1n) is 6.90. The number of ether oxygens (including phenoxy) is 1. The molecule has 1 rings (SSSR count). The van der Waals surface area contributed by atoms with Crippen LogP contribution in [0.3, 0.4) is 0 Å². The van der Waals surface area contributed by atoms with Gasteiger partial charge in [0.2, 0.25) is 11.9 Å². The average molecular weight is 267 g/mol. The van der Waals surface area contributed by atoms with E-state index in [1.165, 1.54) is 0 Å². The van der Waals surface area contributed by atoms with Crippen molar-refractivity contribution in [3.05, 3.63) is 0 Å². The summed E-state index contributed by atoms with van der Waals surface area (Å²) in [5.74, 6) is 1.17. The highest BCUT2D eigenvalue weighted by atomic mass is 16.5. The molecule has 0 bridgehead atoms. The van der Waals surface area contributed by atoms with Crippen molar-refractivity contribution in [3.63, 3.8) is 0 Å². The van der Waals surface area contributed by atoms with Crippen molar-refractivity contribution in [2.24, 2.45) is 0 Å². The van der Waals surface area contributed by atoms with Gasteiger partial charge in [-0.2, -0.15) is 15.0 Å². The Balaban J connectivity index is 2.86. The lowest BCUT2D eigenvalue weighted by atomic mass is 10.2. The Bertz CT molecular complexity index is 383. The SMILES string of the molecule is CCCNc1nc(OC(C)CCC)nc(N(C)C)n1. The van der Waals surface area contributed by atoms with Crippen molar-refractivity contribution >= 4 is 11.9 Å². The third-order valence-electron chi connectivity index (χ3n) is 2.54. The van der Waals surface area contributed by atoms with Crippen LogP contribution in [0.15, 0.2) is 0 Å². The number of nitrogens with zero attached hydrogens (tertiary/aromatic N) is 4. The van der Waals surface area contributed by atoms with Crippen LogP contribution in [0.25, 0.3) is 0 Å². The van der Waals surface area contributed by atoms with E-state index in [0.717, 1.165) is 25.8 Å². The van der Waals surface area contributed by atoms with Crippen LogP contribution in [-0.4, -0.2) is 41.7 Å². The molecule has 0 spiro atoms. The fourth-order valence-corrected chi connectivity index (χ4v) is 1.56. The van der Waals surface area contributed by atoms with Gasteiger partial charge in [0, 0.05) is 20.6 Å². The molecule has 108 valence electrons. The minimum absolute atomic E-state index is 0.112. The summed E-state index contributed by atoms with van der Waals surface area (Å²) in [5.41, 5.74) is 0. The normalized spacial score (nSPS) is 12.1. The van der Waals surface area contributed by atoms with Crippen LogP contribution in [-0.2, 0) is 0 Å². The summed E-state index contributed by atoms with van der Waals surface area (Å²) in [7, 11) is 3.80. The van der Waals surface area contributed by atoms with Crippen molar-refractivity contribution in [1.82, 2.24) is 15.0 Å². The van der Waals surface area contributed by atoms with Gasteiger partial charge in [-0.15, -0.1) is 0 Å². The van der Waals surface area contributed by atoms with Gasteiger partial charge in [-0.05, 0) is 19.8 Å². The Labute approximate surface area is 115 Å². The second-order valence-electron chi connectivity index (χ2n) is 4.78. The number of rotatable bonds is 8. The summed E-state index contributed by atoms with van der Waals surface area (Å²) < 4.78 is 5.74. The second-order valence-corrected chi connectivity index (χ2v) is 4.78. The molecule has 0 fully saturated rings. The Morgan fingerprint density at radius 3 is 2.47 bits per heavy atom. The molecule has 0 aromatic carbocycles. The molecule has 0 radical (unpaired) electrons. The molecule has 1 unspecified atom stereocenters. The van der Waals surface area contributed by atoms with Gasteiger partial charge in [-0.25, -0.2) is 0 Å². The Kier molecular flexibility index (Phi) is 6.32. The van der Waals surface area contributed by atoms with E-state index in [2.05, 4.69) is 34.1 Å². The number of hydrogen-bond donors (Lipinski definition) is 1. The van der Waals surface area contributed by atoms with Crippen LogP contribution in [0, 0.1) is 0 Å². The molecule has 1 aromatic heterocycles.